The summed E-state index contributed by atoms with van der Waals surface area (Å²) in [5.41, 5.74) is 1.39. The van der Waals surface area contributed by atoms with Gasteiger partial charge in [-0.15, -0.1) is 0 Å². The van der Waals surface area contributed by atoms with Gasteiger partial charge < -0.3 is 5.32 Å². The van der Waals surface area contributed by atoms with Gasteiger partial charge in [0.1, 0.15) is 0 Å². The smallest absolute Gasteiger partial charge is 0.0331 e. The van der Waals surface area contributed by atoms with Crippen LogP contribution in [-0.2, 0) is 0 Å². The molecule has 0 aromatic heterocycles. The highest BCUT2D eigenvalue weighted by Gasteiger charge is 2.25. The molecule has 2 rings (SSSR count). The van der Waals surface area contributed by atoms with E-state index in [0.717, 1.165) is 12.5 Å². The molecule has 1 fully saturated rings. The Bertz CT molecular complexity index is 307. The molecule has 1 aromatic rings. The van der Waals surface area contributed by atoms with Crippen molar-refractivity contribution >= 4 is 15.9 Å². The van der Waals surface area contributed by atoms with Crippen molar-refractivity contribution in [3.63, 3.8) is 0 Å². The molecule has 1 saturated carbocycles. The number of halogens is 1. The Morgan fingerprint density at radius 2 is 2.14 bits per heavy atom. The summed E-state index contributed by atoms with van der Waals surface area (Å²) in [6, 6.07) is 9.78. The molecule has 1 aromatic carbocycles. The van der Waals surface area contributed by atoms with Crippen molar-refractivity contribution < 1.29 is 0 Å². The van der Waals surface area contributed by atoms with Gasteiger partial charge in [-0.3, -0.25) is 0 Å². The molecule has 76 valence electrons. The summed E-state index contributed by atoms with van der Waals surface area (Å²) >= 11 is 3.61. The topological polar surface area (TPSA) is 12.0 Å². The SMILES string of the molecule is CCC(NC1CC1)c1ccccc1Br. The number of rotatable bonds is 4. The molecular weight excluding hydrogens is 238 g/mol. The third-order valence-electron chi connectivity index (χ3n) is 2.70. The summed E-state index contributed by atoms with van der Waals surface area (Å²) in [7, 11) is 0. The van der Waals surface area contributed by atoms with E-state index in [0.29, 0.717) is 6.04 Å². The molecule has 0 saturated heterocycles. The quantitative estimate of drug-likeness (QED) is 0.864. The van der Waals surface area contributed by atoms with Gasteiger partial charge in [-0.25, -0.2) is 0 Å². The van der Waals surface area contributed by atoms with Crippen molar-refractivity contribution in [1.82, 2.24) is 5.32 Å². The zero-order valence-corrected chi connectivity index (χ0v) is 10.0. The fraction of sp³-hybridized carbons (Fsp3) is 0.500. The third-order valence-corrected chi connectivity index (χ3v) is 3.43. The van der Waals surface area contributed by atoms with Gasteiger partial charge in [0.05, 0.1) is 0 Å². The first-order valence-electron chi connectivity index (χ1n) is 5.31. The summed E-state index contributed by atoms with van der Waals surface area (Å²) in [5, 5.41) is 3.67. The molecule has 1 atom stereocenters. The van der Waals surface area contributed by atoms with Crippen LogP contribution in [0.5, 0.6) is 0 Å². The van der Waals surface area contributed by atoms with Crippen LogP contribution in [0.3, 0.4) is 0 Å². The number of benzene rings is 1. The monoisotopic (exact) mass is 253 g/mol. The highest BCUT2D eigenvalue weighted by molar-refractivity contribution is 9.10. The van der Waals surface area contributed by atoms with E-state index in [4.69, 9.17) is 0 Å². The fourth-order valence-electron chi connectivity index (χ4n) is 1.72. The lowest BCUT2D eigenvalue weighted by Gasteiger charge is -2.18. The normalized spacial score (nSPS) is 18.1. The molecule has 0 heterocycles. The first-order valence-corrected chi connectivity index (χ1v) is 6.11. The largest absolute Gasteiger partial charge is 0.307 e. The second kappa shape index (κ2) is 4.45. The maximum absolute atomic E-state index is 3.67. The minimum atomic E-state index is 0.512. The second-order valence-electron chi connectivity index (χ2n) is 3.92. The Balaban J connectivity index is 2.12. The summed E-state index contributed by atoms with van der Waals surface area (Å²) in [4.78, 5) is 0. The van der Waals surface area contributed by atoms with E-state index in [9.17, 15) is 0 Å². The van der Waals surface area contributed by atoms with Crippen molar-refractivity contribution in [3.05, 3.63) is 34.3 Å². The predicted molar refractivity (Wildman–Crippen MR) is 63.3 cm³/mol. The lowest BCUT2D eigenvalue weighted by atomic mass is 10.0. The highest BCUT2D eigenvalue weighted by atomic mass is 79.9. The van der Waals surface area contributed by atoms with Crippen LogP contribution in [0.25, 0.3) is 0 Å². The van der Waals surface area contributed by atoms with Crippen LogP contribution in [0.1, 0.15) is 37.8 Å². The van der Waals surface area contributed by atoms with Gasteiger partial charge in [0.15, 0.2) is 0 Å². The minimum Gasteiger partial charge on any atom is -0.307 e. The Kier molecular flexibility index (Phi) is 3.24. The maximum Gasteiger partial charge on any atom is 0.0331 e. The predicted octanol–water partition coefficient (Wildman–Crippen LogP) is 3.65. The molecule has 1 unspecified atom stereocenters. The second-order valence-corrected chi connectivity index (χ2v) is 4.78. The molecule has 0 aliphatic heterocycles. The van der Waals surface area contributed by atoms with E-state index in [2.05, 4.69) is 52.4 Å². The van der Waals surface area contributed by atoms with Crippen molar-refractivity contribution in [2.24, 2.45) is 0 Å². The van der Waals surface area contributed by atoms with Gasteiger partial charge in [-0.2, -0.15) is 0 Å². The Labute approximate surface area is 94.0 Å². The molecule has 1 aliphatic carbocycles. The molecule has 14 heavy (non-hydrogen) atoms. The fourth-order valence-corrected chi connectivity index (χ4v) is 2.28. The van der Waals surface area contributed by atoms with E-state index in [1.54, 1.807) is 0 Å². The molecule has 1 aliphatic rings. The molecular formula is C12H16BrN. The van der Waals surface area contributed by atoms with Crippen molar-refractivity contribution in [1.29, 1.82) is 0 Å². The Hall–Kier alpha value is -0.340. The summed E-state index contributed by atoms with van der Waals surface area (Å²) in [5.74, 6) is 0. The molecule has 0 spiro atoms. The zero-order chi connectivity index (χ0) is 9.97. The Morgan fingerprint density at radius 1 is 1.43 bits per heavy atom. The standard InChI is InChI=1S/C12H16BrN/c1-2-12(14-9-7-8-9)10-5-3-4-6-11(10)13/h3-6,9,12,14H,2,7-8H2,1H3. The van der Waals surface area contributed by atoms with Gasteiger partial charge >= 0.3 is 0 Å². The molecule has 1 nitrogen and oxygen atoms in total. The average Bonchev–Trinajstić information content (AvgIpc) is 2.99. The third kappa shape index (κ3) is 2.37. The van der Waals surface area contributed by atoms with Gasteiger partial charge in [-0.1, -0.05) is 41.1 Å². The minimum absolute atomic E-state index is 0.512. The lowest BCUT2D eigenvalue weighted by molar-refractivity contribution is 0.514. The van der Waals surface area contributed by atoms with E-state index < -0.39 is 0 Å². The summed E-state index contributed by atoms with van der Waals surface area (Å²) < 4.78 is 1.22. The van der Waals surface area contributed by atoms with Crippen LogP contribution in [0, 0.1) is 0 Å². The van der Waals surface area contributed by atoms with Gasteiger partial charge in [0.2, 0.25) is 0 Å². The number of hydrogen-bond acceptors (Lipinski definition) is 1. The van der Waals surface area contributed by atoms with Crippen LogP contribution in [0.15, 0.2) is 28.7 Å². The lowest BCUT2D eigenvalue weighted by Crippen LogP contribution is -2.23. The first kappa shape index (κ1) is 10.2. The van der Waals surface area contributed by atoms with E-state index in [1.165, 1.54) is 22.9 Å². The zero-order valence-electron chi connectivity index (χ0n) is 8.46. The Morgan fingerprint density at radius 3 is 2.71 bits per heavy atom. The maximum atomic E-state index is 3.67. The summed E-state index contributed by atoms with van der Waals surface area (Å²) in [6.07, 6.45) is 3.85. The summed E-state index contributed by atoms with van der Waals surface area (Å²) in [6.45, 7) is 2.24. The van der Waals surface area contributed by atoms with Gasteiger partial charge in [0, 0.05) is 16.6 Å². The van der Waals surface area contributed by atoms with Gasteiger partial charge in [0.25, 0.3) is 0 Å². The van der Waals surface area contributed by atoms with Crippen LogP contribution >= 0.6 is 15.9 Å². The van der Waals surface area contributed by atoms with E-state index >= 15 is 0 Å². The molecule has 2 heteroatoms. The van der Waals surface area contributed by atoms with Crippen LogP contribution in [0.2, 0.25) is 0 Å². The first-order chi connectivity index (χ1) is 6.81. The van der Waals surface area contributed by atoms with Crippen LogP contribution in [0.4, 0.5) is 0 Å². The average molecular weight is 254 g/mol. The molecule has 0 bridgehead atoms. The number of hydrogen-bond donors (Lipinski definition) is 1. The molecule has 1 N–H and O–H groups in total. The van der Waals surface area contributed by atoms with Gasteiger partial charge in [-0.05, 0) is 30.9 Å². The highest BCUT2D eigenvalue weighted by Crippen LogP contribution is 2.29. The number of nitrogens with one attached hydrogen (secondary N) is 1. The van der Waals surface area contributed by atoms with Crippen LogP contribution < -0.4 is 5.32 Å². The molecule has 0 radical (unpaired) electrons. The van der Waals surface area contributed by atoms with Crippen molar-refractivity contribution in [2.75, 3.05) is 0 Å². The molecule has 0 amide bonds. The van der Waals surface area contributed by atoms with Crippen molar-refractivity contribution in [2.45, 2.75) is 38.3 Å². The van der Waals surface area contributed by atoms with E-state index in [1.807, 2.05) is 0 Å². The van der Waals surface area contributed by atoms with Crippen LogP contribution in [-0.4, -0.2) is 6.04 Å². The van der Waals surface area contributed by atoms with Crippen molar-refractivity contribution in [3.8, 4) is 0 Å². The van der Waals surface area contributed by atoms with E-state index in [-0.39, 0.29) is 0 Å².